The minimum absolute atomic E-state index is 0.0625. The maximum absolute atomic E-state index is 12.8. The molecule has 1 aromatic heterocycles. The van der Waals surface area contributed by atoms with Gasteiger partial charge in [-0.3, -0.25) is 4.79 Å². The zero-order valence-corrected chi connectivity index (χ0v) is 19.0. The Morgan fingerprint density at radius 3 is 2.66 bits per heavy atom. The van der Waals surface area contributed by atoms with Crippen LogP contribution in [0.5, 0.6) is 0 Å². The molecule has 2 aromatic carbocycles. The fourth-order valence-electron chi connectivity index (χ4n) is 3.59. The van der Waals surface area contributed by atoms with Gasteiger partial charge in [0.15, 0.2) is 21.5 Å². The van der Waals surface area contributed by atoms with E-state index in [1.54, 1.807) is 49.4 Å². The molecule has 9 heteroatoms. The highest BCUT2D eigenvalue weighted by Gasteiger charge is 2.30. The van der Waals surface area contributed by atoms with Gasteiger partial charge in [-0.15, -0.1) is 0 Å². The van der Waals surface area contributed by atoms with E-state index in [0.29, 0.717) is 47.2 Å². The van der Waals surface area contributed by atoms with Gasteiger partial charge in [0.1, 0.15) is 4.90 Å². The van der Waals surface area contributed by atoms with Crippen LogP contribution in [-0.4, -0.2) is 36.7 Å². The Balaban J connectivity index is 1.71. The van der Waals surface area contributed by atoms with Gasteiger partial charge in [0, 0.05) is 16.3 Å². The number of fused-ring (bicyclic) bond motifs is 1. The molecule has 0 aliphatic carbocycles. The average Bonchev–Trinajstić information content (AvgIpc) is 2.74. The van der Waals surface area contributed by atoms with Crippen LogP contribution in [0.15, 0.2) is 53.4 Å². The highest BCUT2D eigenvalue weighted by atomic mass is 35.5. The number of hydrogen-bond donors (Lipinski definition) is 1. The summed E-state index contributed by atoms with van der Waals surface area (Å²) in [6.07, 6.45) is 1.24. The van der Waals surface area contributed by atoms with Gasteiger partial charge < -0.3 is 10.1 Å². The molecule has 2 heterocycles. The van der Waals surface area contributed by atoms with Crippen molar-refractivity contribution in [1.29, 1.82) is 0 Å². The molecular formula is C23H22ClN3O4S. The van der Waals surface area contributed by atoms with Crippen LogP contribution < -0.4 is 5.32 Å². The van der Waals surface area contributed by atoms with Crippen LogP contribution in [0.3, 0.4) is 0 Å². The lowest BCUT2D eigenvalue weighted by molar-refractivity contribution is -0.142. The first-order chi connectivity index (χ1) is 15.4. The number of rotatable bonds is 6. The van der Waals surface area contributed by atoms with Gasteiger partial charge in [-0.25, -0.2) is 18.4 Å². The number of anilines is 2. The van der Waals surface area contributed by atoms with Crippen LogP contribution >= 0.6 is 11.6 Å². The average molecular weight is 472 g/mol. The van der Waals surface area contributed by atoms with E-state index in [1.807, 2.05) is 6.07 Å². The fourth-order valence-corrected chi connectivity index (χ4v) is 5.40. The van der Waals surface area contributed by atoms with Gasteiger partial charge in [-0.05, 0) is 49.6 Å². The summed E-state index contributed by atoms with van der Waals surface area (Å²) in [4.78, 5) is 20.9. The number of aryl methyl sites for hydroxylation is 1. The Kier molecular flexibility index (Phi) is 6.43. The van der Waals surface area contributed by atoms with E-state index >= 15 is 0 Å². The van der Waals surface area contributed by atoms with Crippen molar-refractivity contribution in [3.63, 3.8) is 0 Å². The number of esters is 1. The third-order valence-electron chi connectivity index (χ3n) is 5.03. The lowest BCUT2D eigenvalue weighted by Crippen LogP contribution is -2.20. The monoisotopic (exact) mass is 471 g/mol. The summed E-state index contributed by atoms with van der Waals surface area (Å²) in [5, 5.41) is 3.68. The summed E-state index contributed by atoms with van der Waals surface area (Å²) >= 11 is 6.12. The Labute approximate surface area is 191 Å². The molecular weight excluding hydrogens is 450 g/mol. The SMILES string of the molecule is CCOC(=O)Cc1ccc(Nc2nc(-c3cccc(Cl)c3)nc3c2S(=O)(=O)CCC3)cc1. The standard InChI is InChI=1S/C23H22ClN3O4S/c1-2-31-20(28)13-15-8-10-18(11-9-15)25-23-21-19(7-4-12-32(21,29)30)26-22(27-23)16-5-3-6-17(24)14-16/h3,5-6,8-11,14H,2,4,7,12-13H2,1H3,(H,25,26,27). The van der Waals surface area contributed by atoms with E-state index < -0.39 is 9.84 Å². The number of benzene rings is 2. The molecule has 1 N–H and O–H groups in total. The summed E-state index contributed by atoms with van der Waals surface area (Å²) < 4.78 is 30.6. The van der Waals surface area contributed by atoms with Gasteiger partial charge in [0.05, 0.1) is 24.5 Å². The predicted octanol–water partition coefficient (Wildman–Crippen LogP) is 4.37. The zero-order valence-electron chi connectivity index (χ0n) is 17.5. The van der Waals surface area contributed by atoms with E-state index in [4.69, 9.17) is 16.3 Å². The smallest absolute Gasteiger partial charge is 0.310 e. The van der Waals surface area contributed by atoms with Crippen LogP contribution in [0.2, 0.25) is 5.02 Å². The first-order valence-electron chi connectivity index (χ1n) is 10.3. The lowest BCUT2D eigenvalue weighted by Gasteiger charge is -2.20. The van der Waals surface area contributed by atoms with Crippen molar-refractivity contribution in [3.8, 4) is 11.4 Å². The molecule has 0 bridgehead atoms. The van der Waals surface area contributed by atoms with Gasteiger partial charge in [-0.1, -0.05) is 35.9 Å². The molecule has 3 aromatic rings. The maximum Gasteiger partial charge on any atom is 0.310 e. The molecule has 32 heavy (non-hydrogen) atoms. The predicted molar refractivity (Wildman–Crippen MR) is 123 cm³/mol. The van der Waals surface area contributed by atoms with Crippen LogP contribution in [0.1, 0.15) is 24.6 Å². The molecule has 1 aliphatic heterocycles. The number of aromatic nitrogens is 2. The second-order valence-corrected chi connectivity index (χ2v) is 9.89. The first kappa shape index (κ1) is 22.2. The summed E-state index contributed by atoms with van der Waals surface area (Å²) in [6, 6.07) is 14.3. The highest BCUT2D eigenvalue weighted by Crippen LogP contribution is 2.33. The molecule has 0 spiro atoms. The second kappa shape index (κ2) is 9.26. The summed E-state index contributed by atoms with van der Waals surface area (Å²) in [5.41, 5.74) is 2.65. The van der Waals surface area contributed by atoms with Gasteiger partial charge >= 0.3 is 5.97 Å². The molecule has 0 atom stereocenters. The van der Waals surface area contributed by atoms with Crippen molar-refractivity contribution in [1.82, 2.24) is 9.97 Å². The van der Waals surface area contributed by atoms with Crippen LogP contribution in [0.25, 0.3) is 11.4 Å². The van der Waals surface area contributed by atoms with E-state index in [2.05, 4.69) is 15.3 Å². The maximum atomic E-state index is 12.8. The molecule has 4 rings (SSSR count). The highest BCUT2D eigenvalue weighted by molar-refractivity contribution is 7.91. The van der Waals surface area contributed by atoms with Crippen molar-refractivity contribution < 1.29 is 17.9 Å². The van der Waals surface area contributed by atoms with Crippen molar-refractivity contribution in [2.45, 2.75) is 31.1 Å². The molecule has 1 aliphatic rings. The van der Waals surface area contributed by atoms with Gasteiger partial charge in [0.2, 0.25) is 0 Å². The van der Waals surface area contributed by atoms with Gasteiger partial charge in [-0.2, -0.15) is 0 Å². The Hall–Kier alpha value is -2.97. The molecule has 7 nitrogen and oxygen atoms in total. The summed E-state index contributed by atoms with van der Waals surface area (Å²) in [7, 11) is -3.51. The fraction of sp³-hybridized carbons (Fsp3) is 0.261. The van der Waals surface area contributed by atoms with Crippen molar-refractivity contribution in [2.24, 2.45) is 0 Å². The number of hydrogen-bond acceptors (Lipinski definition) is 7. The van der Waals surface area contributed by atoms with Crippen LogP contribution in [-0.2, 0) is 32.2 Å². The molecule has 0 saturated heterocycles. The summed E-state index contributed by atoms with van der Waals surface area (Å²) in [5.74, 6) is 0.412. The Morgan fingerprint density at radius 1 is 1.16 bits per heavy atom. The van der Waals surface area contributed by atoms with E-state index in [0.717, 1.165) is 5.56 Å². The minimum Gasteiger partial charge on any atom is -0.466 e. The minimum atomic E-state index is -3.51. The third kappa shape index (κ3) is 4.92. The largest absolute Gasteiger partial charge is 0.466 e. The van der Waals surface area contributed by atoms with Crippen LogP contribution in [0.4, 0.5) is 11.5 Å². The molecule has 166 valence electrons. The zero-order chi connectivity index (χ0) is 22.7. The normalized spacial score (nSPS) is 14.4. The Morgan fingerprint density at radius 2 is 1.94 bits per heavy atom. The van der Waals surface area contributed by atoms with Crippen molar-refractivity contribution >= 4 is 38.9 Å². The molecule has 0 radical (unpaired) electrons. The number of carbonyl (C=O) groups excluding carboxylic acids is 1. The van der Waals surface area contributed by atoms with Crippen LogP contribution in [0, 0.1) is 0 Å². The third-order valence-corrected chi connectivity index (χ3v) is 7.14. The summed E-state index contributed by atoms with van der Waals surface area (Å²) in [6.45, 7) is 2.10. The van der Waals surface area contributed by atoms with E-state index in [9.17, 15) is 13.2 Å². The topological polar surface area (TPSA) is 98.2 Å². The second-order valence-electron chi connectivity index (χ2n) is 7.41. The molecule has 0 unspecified atom stereocenters. The number of ether oxygens (including phenoxy) is 1. The van der Waals surface area contributed by atoms with Gasteiger partial charge in [0.25, 0.3) is 0 Å². The molecule has 0 fully saturated rings. The molecule has 0 saturated carbocycles. The quantitative estimate of drug-likeness (QED) is 0.533. The number of nitrogens with one attached hydrogen (secondary N) is 1. The number of sulfone groups is 1. The first-order valence-corrected chi connectivity index (χ1v) is 12.3. The number of carbonyl (C=O) groups is 1. The van der Waals surface area contributed by atoms with E-state index in [-0.39, 0.29) is 28.9 Å². The number of nitrogens with zero attached hydrogens (tertiary/aromatic N) is 2. The number of halogens is 1. The molecule has 0 amide bonds. The van der Waals surface area contributed by atoms with Crippen molar-refractivity contribution in [2.75, 3.05) is 17.7 Å². The Bertz CT molecular complexity index is 1260. The van der Waals surface area contributed by atoms with Crippen molar-refractivity contribution in [3.05, 3.63) is 64.8 Å². The lowest BCUT2D eigenvalue weighted by atomic mass is 10.1. The van der Waals surface area contributed by atoms with E-state index in [1.165, 1.54) is 0 Å².